The topological polar surface area (TPSA) is 52.6 Å². The molecular formula is C17H26N2O2. The number of hydrogen-bond donors (Lipinski definition) is 2. The Labute approximate surface area is 127 Å². The van der Waals surface area contributed by atoms with Crippen LogP contribution >= 0.6 is 0 Å². The summed E-state index contributed by atoms with van der Waals surface area (Å²) in [7, 11) is 0. The Morgan fingerprint density at radius 1 is 1.38 bits per heavy atom. The Morgan fingerprint density at radius 3 is 2.67 bits per heavy atom. The van der Waals surface area contributed by atoms with Crippen LogP contribution in [-0.2, 0) is 0 Å². The fourth-order valence-electron chi connectivity index (χ4n) is 2.92. The van der Waals surface area contributed by atoms with E-state index in [1.807, 2.05) is 17.9 Å². The summed E-state index contributed by atoms with van der Waals surface area (Å²) in [5.74, 6) is 0.352. The molecule has 0 aliphatic carbocycles. The number of carbonyl (C=O) groups excluding carboxylic acids is 1. The molecule has 0 aromatic heterocycles. The lowest BCUT2D eigenvalue weighted by atomic mass is 9.97. The molecule has 1 aromatic carbocycles. The number of aliphatic hydroxyl groups excluding tert-OH is 1. The number of urea groups is 1. The van der Waals surface area contributed by atoms with Crippen molar-refractivity contribution >= 4 is 6.03 Å². The highest BCUT2D eigenvalue weighted by Gasteiger charge is 2.23. The summed E-state index contributed by atoms with van der Waals surface area (Å²) in [6.45, 7) is 7.91. The minimum atomic E-state index is -0.000189. The maximum Gasteiger partial charge on any atom is 0.317 e. The van der Waals surface area contributed by atoms with Gasteiger partial charge >= 0.3 is 6.03 Å². The van der Waals surface area contributed by atoms with Crippen LogP contribution in [0.25, 0.3) is 0 Å². The van der Waals surface area contributed by atoms with Gasteiger partial charge in [0.25, 0.3) is 0 Å². The number of aryl methyl sites for hydroxylation is 1. The number of nitrogens with zero attached hydrogens (tertiary/aromatic N) is 1. The van der Waals surface area contributed by atoms with Crippen LogP contribution in [0.5, 0.6) is 0 Å². The number of hydrogen-bond acceptors (Lipinski definition) is 2. The number of likely N-dealkylation sites (tertiary alicyclic amines) is 1. The van der Waals surface area contributed by atoms with Crippen molar-refractivity contribution in [3.05, 3.63) is 34.9 Å². The zero-order valence-corrected chi connectivity index (χ0v) is 13.2. The molecule has 2 N–H and O–H groups in total. The second kappa shape index (κ2) is 6.94. The standard InChI is InChI=1S/C17H26N2O2/c1-12-5-4-6-16(13(12)2)14(3)18-17(21)19-9-7-15(11-20)8-10-19/h4-6,14-15,20H,7-11H2,1-3H3,(H,18,21). The fraction of sp³-hybridized carbons (Fsp3) is 0.588. The van der Waals surface area contributed by atoms with E-state index in [4.69, 9.17) is 5.11 Å². The smallest absolute Gasteiger partial charge is 0.317 e. The van der Waals surface area contributed by atoms with Crippen LogP contribution in [0.4, 0.5) is 4.79 Å². The molecule has 0 radical (unpaired) electrons. The summed E-state index contributed by atoms with van der Waals surface area (Å²) in [6, 6.07) is 6.21. The molecule has 1 fully saturated rings. The molecule has 0 saturated carbocycles. The van der Waals surface area contributed by atoms with E-state index in [2.05, 4.69) is 31.3 Å². The molecular weight excluding hydrogens is 264 g/mol. The maximum atomic E-state index is 12.3. The molecule has 116 valence electrons. The lowest BCUT2D eigenvalue weighted by Crippen LogP contribution is -2.45. The minimum absolute atomic E-state index is 0.000189. The van der Waals surface area contributed by atoms with E-state index in [0.29, 0.717) is 5.92 Å². The SMILES string of the molecule is Cc1cccc(C(C)NC(=O)N2CCC(CO)CC2)c1C. The van der Waals surface area contributed by atoms with Gasteiger partial charge in [0.2, 0.25) is 0 Å². The average Bonchev–Trinajstić information content (AvgIpc) is 2.50. The number of aliphatic hydroxyl groups is 1. The Bertz CT molecular complexity index is 494. The largest absolute Gasteiger partial charge is 0.396 e. The van der Waals surface area contributed by atoms with Gasteiger partial charge in [-0.15, -0.1) is 0 Å². The molecule has 2 rings (SSSR count). The number of carbonyl (C=O) groups is 1. The Kier molecular flexibility index (Phi) is 5.23. The van der Waals surface area contributed by atoms with Gasteiger partial charge in [-0.05, 0) is 56.2 Å². The average molecular weight is 290 g/mol. The first-order chi connectivity index (χ1) is 10.0. The van der Waals surface area contributed by atoms with E-state index in [9.17, 15) is 4.79 Å². The molecule has 1 aliphatic heterocycles. The summed E-state index contributed by atoms with van der Waals surface area (Å²) in [5, 5.41) is 12.2. The van der Waals surface area contributed by atoms with Gasteiger partial charge in [0, 0.05) is 19.7 Å². The molecule has 1 aromatic rings. The first-order valence-electron chi connectivity index (χ1n) is 7.75. The van der Waals surface area contributed by atoms with Crippen LogP contribution in [0.3, 0.4) is 0 Å². The summed E-state index contributed by atoms with van der Waals surface area (Å²) < 4.78 is 0. The molecule has 1 saturated heterocycles. The van der Waals surface area contributed by atoms with Crippen molar-refractivity contribution in [2.45, 2.75) is 39.7 Å². The van der Waals surface area contributed by atoms with Crippen molar-refractivity contribution in [2.24, 2.45) is 5.92 Å². The zero-order chi connectivity index (χ0) is 15.4. The van der Waals surface area contributed by atoms with Gasteiger partial charge in [0.1, 0.15) is 0 Å². The van der Waals surface area contributed by atoms with E-state index in [1.165, 1.54) is 16.7 Å². The van der Waals surface area contributed by atoms with Gasteiger partial charge in [0.15, 0.2) is 0 Å². The lowest BCUT2D eigenvalue weighted by molar-refractivity contribution is 0.136. The molecule has 0 bridgehead atoms. The summed E-state index contributed by atoms with van der Waals surface area (Å²) in [5.41, 5.74) is 3.66. The third-order valence-electron chi connectivity index (χ3n) is 4.61. The van der Waals surface area contributed by atoms with Crippen molar-refractivity contribution in [1.29, 1.82) is 0 Å². The molecule has 1 atom stereocenters. The summed E-state index contributed by atoms with van der Waals surface area (Å²) >= 11 is 0. The number of nitrogens with one attached hydrogen (secondary N) is 1. The number of rotatable bonds is 3. The predicted molar refractivity (Wildman–Crippen MR) is 84.2 cm³/mol. The van der Waals surface area contributed by atoms with E-state index in [1.54, 1.807) is 0 Å². The van der Waals surface area contributed by atoms with Crippen LogP contribution in [0.1, 0.15) is 42.5 Å². The summed E-state index contributed by atoms with van der Waals surface area (Å²) in [4.78, 5) is 14.2. The van der Waals surface area contributed by atoms with Gasteiger partial charge in [-0.1, -0.05) is 18.2 Å². The second-order valence-electron chi connectivity index (χ2n) is 6.07. The highest BCUT2D eigenvalue weighted by Crippen LogP contribution is 2.21. The minimum Gasteiger partial charge on any atom is -0.396 e. The van der Waals surface area contributed by atoms with Gasteiger partial charge in [-0.3, -0.25) is 0 Å². The molecule has 0 spiro atoms. The van der Waals surface area contributed by atoms with Crippen molar-refractivity contribution in [1.82, 2.24) is 10.2 Å². The van der Waals surface area contributed by atoms with Crippen LogP contribution in [0, 0.1) is 19.8 Å². The van der Waals surface area contributed by atoms with Gasteiger partial charge in [-0.25, -0.2) is 4.79 Å². The van der Waals surface area contributed by atoms with Crippen LogP contribution in [0.2, 0.25) is 0 Å². The Balaban J connectivity index is 1.95. The fourth-order valence-corrected chi connectivity index (χ4v) is 2.92. The Hall–Kier alpha value is -1.55. The lowest BCUT2D eigenvalue weighted by Gasteiger charge is -2.32. The van der Waals surface area contributed by atoms with Crippen molar-refractivity contribution in [3.8, 4) is 0 Å². The molecule has 21 heavy (non-hydrogen) atoms. The van der Waals surface area contributed by atoms with Crippen molar-refractivity contribution < 1.29 is 9.90 Å². The van der Waals surface area contributed by atoms with Gasteiger partial charge in [0.05, 0.1) is 6.04 Å². The first kappa shape index (κ1) is 15.8. The van der Waals surface area contributed by atoms with Gasteiger partial charge < -0.3 is 15.3 Å². The monoisotopic (exact) mass is 290 g/mol. The third kappa shape index (κ3) is 3.76. The quantitative estimate of drug-likeness (QED) is 0.899. The van der Waals surface area contributed by atoms with Crippen molar-refractivity contribution in [3.63, 3.8) is 0 Å². The number of amides is 2. The molecule has 4 nitrogen and oxygen atoms in total. The molecule has 1 aliphatic rings. The Morgan fingerprint density at radius 2 is 2.05 bits per heavy atom. The molecule has 1 heterocycles. The zero-order valence-electron chi connectivity index (χ0n) is 13.2. The number of piperidine rings is 1. The first-order valence-corrected chi connectivity index (χ1v) is 7.75. The highest BCUT2D eigenvalue weighted by molar-refractivity contribution is 5.74. The third-order valence-corrected chi connectivity index (χ3v) is 4.61. The molecule has 4 heteroatoms. The van der Waals surface area contributed by atoms with E-state index < -0.39 is 0 Å². The van der Waals surface area contributed by atoms with Crippen LogP contribution in [-0.4, -0.2) is 35.7 Å². The normalized spacial score (nSPS) is 17.6. The van der Waals surface area contributed by atoms with Crippen molar-refractivity contribution in [2.75, 3.05) is 19.7 Å². The highest BCUT2D eigenvalue weighted by atomic mass is 16.3. The van der Waals surface area contributed by atoms with E-state index in [0.717, 1.165) is 25.9 Å². The van der Waals surface area contributed by atoms with Gasteiger partial charge in [-0.2, -0.15) is 0 Å². The summed E-state index contributed by atoms with van der Waals surface area (Å²) in [6.07, 6.45) is 1.78. The number of benzene rings is 1. The van der Waals surface area contributed by atoms with E-state index >= 15 is 0 Å². The van der Waals surface area contributed by atoms with E-state index in [-0.39, 0.29) is 18.7 Å². The molecule has 1 unspecified atom stereocenters. The molecule has 2 amide bonds. The second-order valence-corrected chi connectivity index (χ2v) is 6.07. The van der Waals surface area contributed by atoms with Crippen LogP contribution < -0.4 is 5.32 Å². The predicted octanol–water partition coefficient (Wildman–Crippen LogP) is 2.78. The maximum absolute atomic E-state index is 12.3. The van der Waals surface area contributed by atoms with Crippen LogP contribution in [0.15, 0.2) is 18.2 Å².